The van der Waals surface area contributed by atoms with E-state index >= 15 is 0 Å². The third kappa shape index (κ3) is 13.0. The summed E-state index contributed by atoms with van der Waals surface area (Å²) in [7, 11) is 0. The standard InChI is InChI=1S/C13H26N2O3/c1-4-12(2)11-17-9-5-6-10-18-15-8-7-14-13(3)16/h8,12H,4-7,9-11H2,1-3H3,(H,14,16)/b15-8+. The Morgan fingerprint density at radius 3 is 2.78 bits per heavy atom. The maximum atomic E-state index is 10.5. The molecule has 0 aromatic carbocycles. The van der Waals surface area contributed by atoms with Crippen molar-refractivity contribution in [1.29, 1.82) is 0 Å². The molecule has 0 saturated heterocycles. The Balaban J connectivity index is 3.14. The van der Waals surface area contributed by atoms with Gasteiger partial charge in [0.1, 0.15) is 6.61 Å². The Kier molecular flexibility index (Phi) is 11.6. The second kappa shape index (κ2) is 12.4. The second-order valence-corrected chi connectivity index (χ2v) is 4.35. The van der Waals surface area contributed by atoms with Gasteiger partial charge in [0.2, 0.25) is 5.91 Å². The third-order valence-corrected chi connectivity index (χ3v) is 2.46. The predicted octanol–water partition coefficient (Wildman–Crippen LogP) is 1.97. The number of nitrogens with zero attached hydrogens (tertiary/aromatic N) is 1. The number of hydrogen-bond acceptors (Lipinski definition) is 4. The lowest BCUT2D eigenvalue weighted by Gasteiger charge is -2.08. The van der Waals surface area contributed by atoms with E-state index in [1.807, 2.05) is 0 Å². The molecule has 5 nitrogen and oxygen atoms in total. The summed E-state index contributed by atoms with van der Waals surface area (Å²) in [6, 6.07) is 0. The number of hydrogen-bond donors (Lipinski definition) is 1. The average molecular weight is 258 g/mol. The van der Waals surface area contributed by atoms with Crippen molar-refractivity contribution in [2.45, 2.75) is 40.0 Å². The van der Waals surface area contributed by atoms with E-state index in [0.717, 1.165) is 32.5 Å². The highest BCUT2D eigenvalue weighted by atomic mass is 16.6. The van der Waals surface area contributed by atoms with Crippen LogP contribution in [0.15, 0.2) is 5.16 Å². The highest BCUT2D eigenvalue weighted by Crippen LogP contribution is 2.01. The fraction of sp³-hybridized carbons (Fsp3) is 0.846. The lowest BCUT2D eigenvalue weighted by molar-refractivity contribution is -0.118. The van der Waals surface area contributed by atoms with E-state index in [4.69, 9.17) is 9.57 Å². The first kappa shape index (κ1) is 16.9. The number of carbonyl (C=O) groups excluding carboxylic acids is 1. The van der Waals surface area contributed by atoms with Gasteiger partial charge in [0, 0.05) is 20.1 Å². The number of nitrogens with one attached hydrogen (secondary N) is 1. The van der Waals surface area contributed by atoms with Gasteiger partial charge in [-0.25, -0.2) is 0 Å². The van der Waals surface area contributed by atoms with Crippen LogP contribution >= 0.6 is 0 Å². The fourth-order valence-corrected chi connectivity index (χ4v) is 1.11. The Morgan fingerprint density at radius 1 is 1.39 bits per heavy atom. The van der Waals surface area contributed by atoms with E-state index in [1.165, 1.54) is 6.92 Å². The van der Waals surface area contributed by atoms with Gasteiger partial charge in [-0.05, 0) is 18.8 Å². The average Bonchev–Trinajstić information content (AvgIpc) is 2.35. The van der Waals surface area contributed by atoms with Crippen molar-refractivity contribution in [2.75, 3.05) is 26.4 Å². The minimum absolute atomic E-state index is 0.0695. The van der Waals surface area contributed by atoms with Crippen LogP contribution in [0.3, 0.4) is 0 Å². The van der Waals surface area contributed by atoms with Crippen molar-refractivity contribution in [3.8, 4) is 0 Å². The molecule has 0 radical (unpaired) electrons. The van der Waals surface area contributed by atoms with E-state index in [9.17, 15) is 4.79 Å². The minimum atomic E-state index is -0.0695. The zero-order valence-corrected chi connectivity index (χ0v) is 11.8. The number of unbranched alkanes of at least 4 members (excludes halogenated alkanes) is 1. The molecule has 0 aliphatic carbocycles. The first-order valence-corrected chi connectivity index (χ1v) is 6.62. The molecule has 18 heavy (non-hydrogen) atoms. The molecule has 1 unspecified atom stereocenters. The minimum Gasteiger partial charge on any atom is -0.396 e. The maximum Gasteiger partial charge on any atom is 0.217 e. The largest absolute Gasteiger partial charge is 0.396 e. The van der Waals surface area contributed by atoms with E-state index in [-0.39, 0.29) is 5.91 Å². The van der Waals surface area contributed by atoms with Crippen LogP contribution in [0.1, 0.15) is 40.0 Å². The highest BCUT2D eigenvalue weighted by Gasteiger charge is 1.97. The molecule has 1 N–H and O–H groups in total. The van der Waals surface area contributed by atoms with Crippen molar-refractivity contribution in [3.05, 3.63) is 0 Å². The lowest BCUT2D eigenvalue weighted by atomic mass is 10.1. The summed E-state index contributed by atoms with van der Waals surface area (Å²) in [5, 5.41) is 6.31. The zero-order chi connectivity index (χ0) is 13.6. The molecule has 0 aliphatic rings. The third-order valence-electron chi connectivity index (χ3n) is 2.46. The SMILES string of the molecule is CCC(C)COCCCCO/N=C/CNC(C)=O. The van der Waals surface area contributed by atoms with Crippen molar-refractivity contribution in [2.24, 2.45) is 11.1 Å². The highest BCUT2D eigenvalue weighted by molar-refractivity contribution is 5.76. The van der Waals surface area contributed by atoms with Gasteiger partial charge in [-0.1, -0.05) is 25.4 Å². The number of rotatable bonds is 11. The molecule has 0 heterocycles. The Hall–Kier alpha value is -1.10. The van der Waals surface area contributed by atoms with Crippen molar-refractivity contribution >= 4 is 12.1 Å². The van der Waals surface area contributed by atoms with Crippen LogP contribution in [0.5, 0.6) is 0 Å². The van der Waals surface area contributed by atoms with Gasteiger partial charge in [-0.2, -0.15) is 0 Å². The lowest BCUT2D eigenvalue weighted by Crippen LogP contribution is -2.21. The summed E-state index contributed by atoms with van der Waals surface area (Å²) in [4.78, 5) is 15.5. The summed E-state index contributed by atoms with van der Waals surface area (Å²) in [6.07, 6.45) is 4.61. The zero-order valence-electron chi connectivity index (χ0n) is 11.8. The van der Waals surface area contributed by atoms with Gasteiger partial charge in [-0.3, -0.25) is 4.79 Å². The van der Waals surface area contributed by atoms with Crippen LogP contribution in [-0.2, 0) is 14.4 Å². The van der Waals surface area contributed by atoms with Crippen LogP contribution in [0.2, 0.25) is 0 Å². The molecule has 1 amide bonds. The van der Waals surface area contributed by atoms with E-state index in [2.05, 4.69) is 24.3 Å². The molecule has 106 valence electrons. The summed E-state index contributed by atoms with van der Waals surface area (Å²) in [6.45, 7) is 8.44. The van der Waals surface area contributed by atoms with Crippen LogP contribution in [-0.4, -0.2) is 38.5 Å². The summed E-state index contributed by atoms with van der Waals surface area (Å²) in [5.74, 6) is 0.569. The van der Waals surface area contributed by atoms with Gasteiger partial charge in [0.15, 0.2) is 0 Å². The number of amides is 1. The smallest absolute Gasteiger partial charge is 0.217 e. The van der Waals surface area contributed by atoms with Gasteiger partial charge >= 0.3 is 0 Å². The molecule has 0 aromatic heterocycles. The van der Waals surface area contributed by atoms with Crippen LogP contribution in [0.4, 0.5) is 0 Å². The fourth-order valence-electron chi connectivity index (χ4n) is 1.11. The molecule has 0 rings (SSSR count). The van der Waals surface area contributed by atoms with Crippen molar-refractivity contribution in [3.63, 3.8) is 0 Å². The molecule has 0 spiro atoms. The first-order chi connectivity index (χ1) is 8.66. The summed E-state index contributed by atoms with van der Waals surface area (Å²) < 4.78 is 5.52. The Labute approximate surface area is 110 Å². The van der Waals surface area contributed by atoms with Crippen LogP contribution < -0.4 is 5.32 Å². The number of ether oxygens (including phenoxy) is 1. The first-order valence-electron chi connectivity index (χ1n) is 6.62. The molecule has 0 fully saturated rings. The predicted molar refractivity (Wildman–Crippen MR) is 72.6 cm³/mol. The van der Waals surface area contributed by atoms with Gasteiger partial charge in [0.25, 0.3) is 0 Å². The monoisotopic (exact) mass is 258 g/mol. The van der Waals surface area contributed by atoms with E-state index < -0.39 is 0 Å². The molecule has 0 aromatic rings. The molecular weight excluding hydrogens is 232 g/mol. The summed E-state index contributed by atoms with van der Waals surface area (Å²) in [5.41, 5.74) is 0. The van der Waals surface area contributed by atoms with Crippen LogP contribution in [0, 0.1) is 5.92 Å². The molecule has 1 atom stereocenters. The molecule has 0 saturated carbocycles. The second-order valence-electron chi connectivity index (χ2n) is 4.35. The van der Waals surface area contributed by atoms with Crippen LogP contribution in [0.25, 0.3) is 0 Å². The van der Waals surface area contributed by atoms with Crippen molar-refractivity contribution < 1.29 is 14.4 Å². The topological polar surface area (TPSA) is 59.9 Å². The van der Waals surface area contributed by atoms with E-state index in [1.54, 1.807) is 6.21 Å². The molecule has 5 heteroatoms. The number of carbonyl (C=O) groups is 1. The quantitative estimate of drug-likeness (QED) is 0.350. The Bertz CT molecular complexity index is 232. The van der Waals surface area contributed by atoms with Gasteiger partial charge < -0.3 is 14.9 Å². The Morgan fingerprint density at radius 2 is 2.11 bits per heavy atom. The number of oxime groups is 1. The molecular formula is C13H26N2O3. The van der Waals surface area contributed by atoms with Crippen molar-refractivity contribution in [1.82, 2.24) is 5.32 Å². The van der Waals surface area contributed by atoms with Gasteiger partial charge in [0.05, 0.1) is 12.8 Å². The maximum absolute atomic E-state index is 10.5. The molecule has 0 bridgehead atoms. The molecule has 0 aliphatic heterocycles. The summed E-state index contributed by atoms with van der Waals surface area (Å²) >= 11 is 0. The van der Waals surface area contributed by atoms with E-state index in [0.29, 0.717) is 19.1 Å². The normalized spacial score (nSPS) is 12.6. The van der Waals surface area contributed by atoms with Gasteiger partial charge in [-0.15, -0.1) is 0 Å².